The van der Waals surface area contributed by atoms with Gasteiger partial charge in [0.2, 0.25) is 5.91 Å². The number of nitrogens with zero attached hydrogens (tertiary/aromatic N) is 1. The fraction of sp³-hybridized carbons (Fsp3) is 0.250. The maximum Gasteiger partial charge on any atom is 0.224 e. The van der Waals surface area contributed by atoms with Crippen LogP contribution in [0.4, 0.5) is 5.69 Å². The van der Waals surface area contributed by atoms with Crippen molar-refractivity contribution in [2.24, 2.45) is 0 Å². The molecule has 98 valence electrons. The van der Waals surface area contributed by atoms with E-state index in [4.69, 9.17) is 0 Å². The van der Waals surface area contributed by atoms with Crippen molar-refractivity contribution in [2.45, 2.75) is 26.2 Å². The van der Waals surface area contributed by atoms with E-state index in [1.807, 2.05) is 49.4 Å². The highest BCUT2D eigenvalue weighted by atomic mass is 16.1. The SMILES string of the molecule is CCCC(=O)Nc1ccc(Cc2ccccn2)cc1. The number of hydrogen-bond acceptors (Lipinski definition) is 2. The molecule has 1 amide bonds. The van der Waals surface area contributed by atoms with Crippen molar-refractivity contribution in [3.63, 3.8) is 0 Å². The first-order chi connectivity index (χ1) is 9.28. The summed E-state index contributed by atoms with van der Waals surface area (Å²) in [4.78, 5) is 15.8. The molecular weight excluding hydrogens is 236 g/mol. The molecule has 3 heteroatoms. The highest BCUT2D eigenvalue weighted by Gasteiger charge is 2.01. The normalized spacial score (nSPS) is 10.2. The van der Waals surface area contributed by atoms with E-state index in [1.165, 1.54) is 5.56 Å². The van der Waals surface area contributed by atoms with Crippen molar-refractivity contribution >= 4 is 11.6 Å². The fourth-order valence-electron chi connectivity index (χ4n) is 1.87. The largest absolute Gasteiger partial charge is 0.326 e. The van der Waals surface area contributed by atoms with Crippen molar-refractivity contribution in [3.8, 4) is 0 Å². The second-order valence-electron chi connectivity index (χ2n) is 4.49. The van der Waals surface area contributed by atoms with Gasteiger partial charge >= 0.3 is 0 Å². The summed E-state index contributed by atoms with van der Waals surface area (Å²) in [6.45, 7) is 2.00. The van der Waals surface area contributed by atoms with E-state index < -0.39 is 0 Å². The lowest BCUT2D eigenvalue weighted by atomic mass is 10.1. The molecule has 0 saturated carbocycles. The molecule has 19 heavy (non-hydrogen) atoms. The minimum absolute atomic E-state index is 0.0694. The lowest BCUT2D eigenvalue weighted by Gasteiger charge is -2.06. The van der Waals surface area contributed by atoms with E-state index in [1.54, 1.807) is 6.20 Å². The van der Waals surface area contributed by atoms with Gasteiger partial charge in [0, 0.05) is 30.4 Å². The number of pyridine rings is 1. The van der Waals surface area contributed by atoms with Crippen LogP contribution in [0.3, 0.4) is 0 Å². The minimum atomic E-state index is 0.0694. The van der Waals surface area contributed by atoms with Gasteiger partial charge in [-0.2, -0.15) is 0 Å². The summed E-state index contributed by atoms with van der Waals surface area (Å²) in [7, 11) is 0. The quantitative estimate of drug-likeness (QED) is 0.888. The number of hydrogen-bond donors (Lipinski definition) is 1. The molecule has 1 aromatic heterocycles. The summed E-state index contributed by atoms with van der Waals surface area (Å²) in [5.74, 6) is 0.0694. The van der Waals surface area contributed by atoms with E-state index in [-0.39, 0.29) is 5.91 Å². The number of nitrogens with one attached hydrogen (secondary N) is 1. The maximum absolute atomic E-state index is 11.5. The lowest BCUT2D eigenvalue weighted by Crippen LogP contribution is -2.10. The van der Waals surface area contributed by atoms with Gasteiger partial charge in [-0.05, 0) is 36.2 Å². The van der Waals surface area contributed by atoms with Gasteiger partial charge in [0.25, 0.3) is 0 Å². The number of benzene rings is 1. The average molecular weight is 254 g/mol. The van der Waals surface area contributed by atoms with Crippen molar-refractivity contribution < 1.29 is 4.79 Å². The van der Waals surface area contributed by atoms with Gasteiger partial charge in [-0.1, -0.05) is 25.1 Å². The first-order valence-corrected chi connectivity index (χ1v) is 6.56. The van der Waals surface area contributed by atoms with Crippen LogP contribution in [0, 0.1) is 0 Å². The molecule has 0 aliphatic heterocycles. The highest BCUT2D eigenvalue weighted by molar-refractivity contribution is 5.90. The molecule has 1 heterocycles. The second kappa shape index (κ2) is 6.69. The summed E-state index contributed by atoms with van der Waals surface area (Å²) >= 11 is 0. The predicted molar refractivity (Wildman–Crippen MR) is 77.0 cm³/mol. The van der Waals surface area contributed by atoms with Crippen LogP contribution < -0.4 is 5.32 Å². The third-order valence-corrected chi connectivity index (χ3v) is 2.83. The smallest absolute Gasteiger partial charge is 0.224 e. The number of carbonyl (C=O) groups excluding carboxylic acids is 1. The minimum Gasteiger partial charge on any atom is -0.326 e. The summed E-state index contributed by atoms with van der Waals surface area (Å²) in [5, 5.41) is 2.88. The van der Waals surface area contributed by atoms with Gasteiger partial charge < -0.3 is 5.32 Å². The molecule has 2 rings (SSSR count). The first-order valence-electron chi connectivity index (χ1n) is 6.56. The molecule has 0 unspecified atom stereocenters. The molecule has 0 bridgehead atoms. The molecule has 0 aliphatic rings. The lowest BCUT2D eigenvalue weighted by molar-refractivity contribution is -0.116. The number of carbonyl (C=O) groups is 1. The van der Waals surface area contributed by atoms with E-state index in [0.29, 0.717) is 6.42 Å². The van der Waals surface area contributed by atoms with Crippen molar-refractivity contribution in [1.82, 2.24) is 4.98 Å². The number of anilines is 1. The molecule has 0 aliphatic carbocycles. The summed E-state index contributed by atoms with van der Waals surface area (Å²) in [6.07, 6.45) is 4.04. The van der Waals surface area contributed by atoms with E-state index in [0.717, 1.165) is 24.2 Å². The molecule has 0 spiro atoms. The Balaban J connectivity index is 1.97. The molecule has 0 atom stereocenters. The molecule has 0 fully saturated rings. The molecule has 2 aromatic rings. The zero-order valence-electron chi connectivity index (χ0n) is 11.1. The van der Waals surface area contributed by atoms with Crippen molar-refractivity contribution in [1.29, 1.82) is 0 Å². The monoisotopic (exact) mass is 254 g/mol. The van der Waals surface area contributed by atoms with Gasteiger partial charge in [0.1, 0.15) is 0 Å². The fourth-order valence-corrected chi connectivity index (χ4v) is 1.87. The number of amides is 1. The second-order valence-corrected chi connectivity index (χ2v) is 4.49. The molecule has 3 nitrogen and oxygen atoms in total. The van der Waals surface area contributed by atoms with Crippen LogP contribution in [0.15, 0.2) is 48.7 Å². The van der Waals surface area contributed by atoms with Crippen LogP contribution in [-0.2, 0) is 11.2 Å². The molecule has 1 aromatic carbocycles. The van der Waals surface area contributed by atoms with Gasteiger partial charge in [-0.25, -0.2) is 0 Å². The Kier molecular flexibility index (Phi) is 4.67. The Morgan fingerprint density at radius 3 is 2.58 bits per heavy atom. The average Bonchev–Trinajstić information content (AvgIpc) is 2.42. The zero-order chi connectivity index (χ0) is 13.5. The number of aromatic nitrogens is 1. The van der Waals surface area contributed by atoms with Crippen LogP contribution in [0.25, 0.3) is 0 Å². The van der Waals surface area contributed by atoms with Crippen molar-refractivity contribution in [3.05, 3.63) is 59.9 Å². The Bertz CT molecular complexity index is 520. The van der Waals surface area contributed by atoms with E-state index in [9.17, 15) is 4.79 Å². The third kappa shape index (κ3) is 4.21. The van der Waals surface area contributed by atoms with Gasteiger partial charge in [0.05, 0.1) is 0 Å². The summed E-state index contributed by atoms with van der Waals surface area (Å²) < 4.78 is 0. The van der Waals surface area contributed by atoms with Gasteiger partial charge in [-0.3, -0.25) is 9.78 Å². The number of rotatable bonds is 5. The third-order valence-electron chi connectivity index (χ3n) is 2.83. The molecule has 1 N–H and O–H groups in total. The summed E-state index contributed by atoms with van der Waals surface area (Å²) in [6, 6.07) is 13.8. The Morgan fingerprint density at radius 1 is 1.16 bits per heavy atom. The topological polar surface area (TPSA) is 42.0 Å². The molecular formula is C16H18N2O. The van der Waals surface area contributed by atoms with Crippen LogP contribution in [0.2, 0.25) is 0 Å². The Labute approximate surface area is 113 Å². The van der Waals surface area contributed by atoms with Crippen LogP contribution in [0.5, 0.6) is 0 Å². The van der Waals surface area contributed by atoms with Crippen molar-refractivity contribution in [2.75, 3.05) is 5.32 Å². The van der Waals surface area contributed by atoms with Gasteiger partial charge in [0.15, 0.2) is 0 Å². The first kappa shape index (κ1) is 13.3. The van der Waals surface area contributed by atoms with Crippen LogP contribution >= 0.6 is 0 Å². The predicted octanol–water partition coefficient (Wildman–Crippen LogP) is 3.41. The Hall–Kier alpha value is -2.16. The molecule has 0 radical (unpaired) electrons. The maximum atomic E-state index is 11.5. The zero-order valence-corrected chi connectivity index (χ0v) is 11.1. The van der Waals surface area contributed by atoms with Crippen LogP contribution in [0.1, 0.15) is 31.0 Å². The van der Waals surface area contributed by atoms with Crippen LogP contribution in [-0.4, -0.2) is 10.9 Å². The standard InChI is InChI=1S/C16H18N2O/c1-2-5-16(19)18-14-9-7-13(8-10-14)12-15-6-3-4-11-17-15/h3-4,6-11H,2,5,12H2,1H3,(H,18,19). The van der Waals surface area contributed by atoms with Gasteiger partial charge in [-0.15, -0.1) is 0 Å². The molecule has 0 saturated heterocycles. The Morgan fingerprint density at radius 2 is 1.95 bits per heavy atom. The highest BCUT2D eigenvalue weighted by Crippen LogP contribution is 2.13. The van der Waals surface area contributed by atoms with E-state index >= 15 is 0 Å². The summed E-state index contributed by atoms with van der Waals surface area (Å²) in [5.41, 5.74) is 3.08. The van der Waals surface area contributed by atoms with E-state index in [2.05, 4.69) is 10.3 Å².